The van der Waals surface area contributed by atoms with Crippen LogP contribution in [0.4, 0.5) is 0 Å². The molecule has 5 nitrogen and oxygen atoms in total. The third-order valence-corrected chi connectivity index (χ3v) is 2.78. The molecule has 3 N–H and O–H groups in total. The maximum absolute atomic E-state index is 8.55. The molecule has 0 amide bonds. The molecule has 16 heavy (non-hydrogen) atoms. The van der Waals surface area contributed by atoms with Gasteiger partial charge in [0.25, 0.3) is 0 Å². The lowest BCUT2D eigenvalue weighted by molar-refractivity contribution is 0.225. The van der Waals surface area contributed by atoms with E-state index in [0.717, 1.165) is 25.9 Å². The first-order valence-corrected chi connectivity index (χ1v) is 5.82. The number of amidine groups is 1. The Labute approximate surface area is 98.9 Å². The smallest absolute Gasteiger partial charge is 0.140 e. The third kappa shape index (κ3) is 6.63. The Morgan fingerprint density at radius 2 is 1.94 bits per heavy atom. The van der Waals surface area contributed by atoms with Crippen LogP contribution >= 0.6 is 0 Å². The van der Waals surface area contributed by atoms with E-state index in [1.54, 1.807) is 0 Å². The highest BCUT2D eigenvalue weighted by molar-refractivity contribution is 5.80. The van der Waals surface area contributed by atoms with Crippen molar-refractivity contribution < 1.29 is 5.21 Å². The van der Waals surface area contributed by atoms with Gasteiger partial charge in [0.1, 0.15) is 5.84 Å². The molecule has 1 atom stereocenters. The minimum absolute atomic E-state index is 0.311. The van der Waals surface area contributed by atoms with Crippen LogP contribution in [0.3, 0.4) is 0 Å². The van der Waals surface area contributed by atoms with Crippen molar-refractivity contribution in [3.63, 3.8) is 0 Å². The predicted octanol–water partition coefficient (Wildman–Crippen LogP) is 0.785. The first-order valence-electron chi connectivity index (χ1n) is 5.82. The molecule has 0 aromatic rings. The van der Waals surface area contributed by atoms with E-state index in [9.17, 15) is 0 Å². The molecule has 96 valence electrons. The van der Waals surface area contributed by atoms with Gasteiger partial charge in [-0.3, -0.25) is 0 Å². The van der Waals surface area contributed by atoms with Gasteiger partial charge in [0, 0.05) is 12.5 Å². The fraction of sp³-hybridized carbons (Fsp3) is 0.909. The normalized spacial score (nSPS) is 14.8. The number of hydrogen-bond donors (Lipinski definition) is 2. The monoisotopic (exact) mass is 230 g/mol. The molecule has 0 aromatic heterocycles. The molecule has 0 aliphatic rings. The zero-order valence-electron chi connectivity index (χ0n) is 11.0. The van der Waals surface area contributed by atoms with Crippen molar-refractivity contribution in [3.8, 4) is 0 Å². The van der Waals surface area contributed by atoms with Crippen LogP contribution in [-0.2, 0) is 0 Å². The first kappa shape index (κ1) is 15.2. The molecule has 0 rings (SSSR count). The Morgan fingerprint density at radius 1 is 1.31 bits per heavy atom. The predicted molar refractivity (Wildman–Crippen MR) is 67.9 cm³/mol. The molecule has 0 fully saturated rings. The van der Waals surface area contributed by atoms with Crippen molar-refractivity contribution in [2.45, 2.75) is 32.2 Å². The number of nitrogens with zero attached hydrogens (tertiary/aromatic N) is 3. The average molecular weight is 230 g/mol. The Balaban J connectivity index is 3.95. The van der Waals surface area contributed by atoms with Crippen LogP contribution in [0.1, 0.15) is 26.2 Å². The summed E-state index contributed by atoms with van der Waals surface area (Å²) in [6, 6.07) is 0.359. The summed E-state index contributed by atoms with van der Waals surface area (Å²) in [7, 11) is 6.25. The van der Waals surface area contributed by atoms with Gasteiger partial charge in [0.15, 0.2) is 0 Å². The van der Waals surface area contributed by atoms with Crippen molar-refractivity contribution in [2.75, 3.05) is 34.2 Å². The van der Waals surface area contributed by atoms with Gasteiger partial charge in [-0.25, -0.2) is 0 Å². The maximum atomic E-state index is 8.55. The second-order valence-corrected chi connectivity index (χ2v) is 4.49. The van der Waals surface area contributed by atoms with Gasteiger partial charge in [-0.15, -0.1) is 0 Å². The molecule has 0 saturated heterocycles. The molecule has 5 heteroatoms. The fourth-order valence-corrected chi connectivity index (χ4v) is 1.71. The van der Waals surface area contributed by atoms with Gasteiger partial charge in [0.2, 0.25) is 0 Å². The number of rotatable bonds is 8. The van der Waals surface area contributed by atoms with E-state index in [-0.39, 0.29) is 0 Å². The van der Waals surface area contributed by atoms with Crippen molar-refractivity contribution in [1.29, 1.82) is 0 Å². The van der Waals surface area contributed by atoms with Crippen molar-refractivity contribution in [2.24, 2.45) is 10.9 Å². The fourth-order valence-electron chi connectivity index (χ4n) is 1.71. The molecule has 0 aliphatic carbocycles. The van der Waals surface area contributed by atoms with Crippen LogP contribution in [0.25, 0.3) is 0 Å². The SMILES string of the molecule is CCC(CC(N)=NO)N(C)CCCN(C)C. The maximum Gasteiger partial charge on any atom is 0.140 e. The average Bonchev–Trinajstić information content (AvgIpc) is 2.24. The molecular weight excluding hydrogens is 204 g/mol. The van der Waals surface area contributed by atoms with Gasteiger partial charge in [-0.1, -0.05) is 12.1 Å². The highest BCUT2D eigenvalue weighted by Crippen LogP contribution is 2.07. The second-order valence-electron chi connectivity index (χ2n) is 4.49. The minimum Gasteiger partial charge on any atom is -0.409 e. The molecule has 0 bridgehead atoms. The van der Waals surface area contributed by atoms with E-state index in [2.05, 4.69) is 43.0 Å². The number of oxime groups is 1. The van der Waals surface area contributed by atoms with Crippen molar-refractivity contribution in [1.82, 2.24) is 9.80 Å². The van der Waals surface area contributed by atoms with Crippen LogP contribution in [0.5, 0.6) is 0 Å². The van der Waals surface area contributed by atoms with Crippen LogP contribution in [-0.4, -0.2) is 61.1 Å². The Hall–Kier alpha value is -0.810. The van der Waals surface area contributed by atoms with Crippen molar-refractivity contribution >= 4 is 5.84 Å². The summed E-state index contributed by atoms with van der Waals surface area (Å²) in [5, 5.41) is 11.6. The molecular formula is C11H26N4O. The second kappa shape index (κ2) is 8.35. The molecule has 0 radical (unpaired) electrons. The summed E-state index contributed by atoms with van der Waals surface area (Å²) >= 11 is 0. The quantitative estimate of drug-likeness (QED) is 0.280. The third-order valence-electron chi connectivity index (χ3n) is 2.78. The van der Waals surface area contributed by atoms with Crippen LogP contribution in [0.2, 0.25) is 0 Å². The highest BCUT2D eigenvalue weighted by atomic mass is 16.4. The van der Waals surface area contributed by atoms with E-state index in [0.29, 0.717) is 18.3 Å². The highest BCUT2D eigenvalue weighted by Gasteiger charge is 2.14. The lowest BCUT2D eigenvalue weighted by Crippen LogP contribution is -2.36. The molecule has 0 saturated carbocycles. The van der Waals surface area contributed by atoms with Gasteiger partial charge in [-0.2, -0.15) is 0 Å². The summed E-state index contributed by atoms with van der Waals surface area (Å²) < 4.78 is 0. The summed E-state index contributed by atoms with van der Waals surface area (Å²) in [6.45, 7) is 4.25. The van der Waals surface area contributed by atoms with Gasteiger partial charge in [-0.05, 0) is 47.1 Å². The molecule has 0 aromatic carbocycles. The topological polar surface area (TPSA) is 65.1 Å². The Kier molecular flexibility index (Phi) is 7.93. The minimum atomic E-state index is 0.311. The van der Waals surface area contributed by atoms with E-state index < -0.39 is 0 Å². The van der Waals surface area contributed by atoms with E-state index in [1.165, 1.54) is 0 Å². The standard InChI is InChI=1S/C11H26N4O/c1-5-10(9-11(12)13-16)15(4)8-6-7-14(2)3/h10,16H,5-9H2,1-4H3,(H2,12,13). The molecule has 0 heterocycles. The summed E-state index contributed by atoms with van der Waals surface area (Å²) in [6.07, 6.45) is 2.77. The zero-order chi connectivity index (χ0) is 12.6. The van der Waals surface area contributed by atoms with E-state index in [4.69, 9.17) is 10.9 Å². The molecule has 0 aliphatic heterocycles. The molecule has 0 spiro atoms. The van der Waals surface area contributed by atoms with Crippen molar-refractivity contribution in [3.05, 3.63) is 0 Å². The van der Waals surface area contributed by atoms with Crippen LogP contribution < -0.4 is 5.73 Å². The van der Waals surface area contributed by atoms with Crippen LogP contribution in [0, 0.1) is 0 Å². The van der Waals surface area contributed by atoms with Gasteiger partial charge in [0.05, 0.1) is 0 Å². The Bertz CT molecular complexity index is 206. The Morgan fingerprint density at radius 3 is 2.38 bits per heavy atom. The summed E-state index contributed by atoms with van der Waals surface area (Å²) in [5.41, 5.74) is 5.53. The van der Waals surface area contributed by atoms with Gasteiger partial charge >= 0.3 is 0 Å². The summed E-state index contributed by atoms with van der Waals surface area (Å²) in [5.74, 6) is 0.311. The van der Waals surface area contributed by atoms with Crippen LogP contribution in [0.15, 0.2) is 5.16 Å². The number of nitrogens with two attached hydrogens (primary N) is 1. The van der Waals surface area contributed by atoms with E-state index >= 15 is 0 Å². The summed E-state index contributed by atoms with van der Waals surface area (Å²) in [4.78, 5) is 4.46. The zero-order valence-corrected chi connectivity index (χ0v) is 11.0. The van der Waals surface area contributed by atoms with Gasteiger partial charge < -0.3 is 20.7 Å². The molecule has 1 unspecified atom stereocenters. The van der Waals surface area contributed by atoms with E-state index in [1.807, 2.05) is 0 Å². The number of hydrogen-bond acceptors (Lipinski definition) is 4. The first-order chi connectivity index (χ1) is 7.51. The lowest BCUT2D eigenvalue weighted by Gasteiger charge is -2.27. The lowest BCUT2D eigenvalue weighted by atomic mass is 10.1. The largest absolute Gasteiger partial charge is 0.409 e.